The van der Waals surface area contributed by atoms with Crippen LogP contribution in [0.4, 0.5) is 43.9 Å². The van der Waals surface area contributed by atoms with Gasteiger partial charge in [-0.25, -0.2) is 0 Å². The second-order valence-electron chi connectivity index (χ2n) is 3.53. The molecular weight excluding hydrogens is 298 g/mol. The van der Waals surface area contributed by atoms with E-state index in [1.807, 2.05) is 0 Å². The summed E-state index contributed by atoms with van der Waals surface area (Å²) >= 11 is 0. The average molecular weight is 304 g/mol. The van der Waals surface area contributed by atoms with E-state index in [0.29, 0.717) is 0 Å². The van der Waals surface area contributed by atoms with Gasteiger partial charge in [0.05, 0.1) is 0 Å². The fourth-order valence-electron chi connectivity index (χ4n) is 0.880. The van der Waals surface area contributed by atoms with Gasteiger partial charge in [0.25, 0.3) is 0 Å². The molecule has 0 N–H and O–H groups in total. The smallest absolute Gasteiger partial charge is 0.191 e. The van der Waals surface area contributed by atoms with Crippen LogP contribution in [0.2, 0.25) is 0 Å². The van der Waals surface area contributed by atoms with Crippen molar-refractivity contribution >= 4 is 0 Å². The van der Waals surface area contributed by atoms with E-state index in [1.165, 1.54) is 0 Å². The van der Waals surface area contributed by atoms with Crippen LogP contribution in [0.3, 0.4) is 0 Å². The Labute approximate surface area is 99.9 Å². The Morgan fingerprint density at radius 3 is 0.947 bits per heavy atom. The summed E-state index contributed by atoms with van der Waals surface area (Å²) in [6.45, 7) is 4.39. The minimum absolute atomic E-state index is 2.01. The summed E-state index contributed by atoms with van der Waals surface area (Å²) in [5.74, 6) is -11.2. The van der Waals surface area contributed by atoms with Crippen LogP contribution >= 0.6 is 0 Å². The van der Waals surface area contributed by atoms with Gasteiger partial charge in [0.1, 0.15) is 0 Å². The molecule has 0 amide bonds. The Morgan fingerprint density at radius 1 is 0.579 bits per heavy atom. The number of allylic oxidation sites excluding steroid dienone is 2. The molecule has 0 spiro atoms. The summed E-state index contributed by atoms with van der Waals surface area (Å²) in [6.07, 6.45) is -14.3. The van der Waals surface area contributed by atoms with Gasteiger partial charge in [0, 0.05) is 17.6 Å². The van der Waals surface area contributed by atoms with E-state index in [1.54, 1.807) is 0 Å². The van der Waals surface area contributed by atoms with Crippen LogP contribution in [0.15, 0.2) is 24.3 Å². The summed E-state index contributed by atoms with van der Waals surface area (Å²) in [4.78, 5) is 0. The van der Waals surface area contributed by atoms with Crippen molar-refractivity contribution in [1.82, 2.24) is 0 Å². The lowest BCUT2D eigenvalue weighted by molar-refractivity contribution is -0.270. The van der Waals surface area contributed by atoms with Gasteiger partial charge in [-0.2, -0.15) is 43.9 Å². The first kappa shape index (κ1) is 17.8. The van der Waals surface area contributed by atoms with Crippen molar-refractivity contribution in [1.29, 1.82) is 0 Å². The highest BCUT2D eigenvalue weighted by Gasteiger charge is 2.62. The van der Waals surface area contributed by atoms with Crippen molar-refractivity contribution < 1.29 is 43.9 Å². The van der Waals surface area contributed by atoms with Crippen molar-refractivity contribution in [2.45, 2.75) is 30.6 Å². The fraction of sp³-hybridized carbons (Fsp3) is 0.556. The monoisotopic (exact) mass is 304 g/mol. The van der Waals surface area contributed by atoms with Gasteiger partial charge in [0.2, 0.25) is 0 Å². The Balaban J connectivity index is 5.11. The molecule has 112 valence electrons. The lowest BCUT2D eigenvalue weighted by atomic mass is 9.97. The zero-order valence-electron chi connectivity index (χ0n) is 8.90. The average Bonchev–Trinajstić information content (AvgIpc) is 2.13. The third kappa shape index (κ3) is 3.41. The number of hydrogen-bond donors (Lipinski definition) is 0. The third-order valence-electron chi connectivity index (χ3n) is 2.03. The molecule has 0 aromatic rings. The predicted octanol–water partition coefficient (Wildman–Crippen LogP) is 4.88. The molecule has 0 saturated carbocycles. The van der Waals surface area contributed by atoms with Gasteiger partial charge in [0.15, 0.2) is 0 Å². The summed E-state index contributed by atoms with van der Waals surface area (Å²) in [7, 11) is 0. The molecule has 0 aliphatic rings. The second kappa shape index (κ2) is 4.71. The highest BCUT2D eigenvalue weighted by Crippen LogP contribution is 2.46. The molecular formula is C9H6F10. The quantitative estimate of drug-likeness (QED) is 0.513. The Bertz CT molecular complexity index is 333. The summed E-state index contributed by atoms with van der Waals surface area (Å²) in [6, 6.07) is 0. The van der Waals surface area contributed by atoms with Gasteiger partial charge in [-0.3, -0.25) is 0 Å². The normalized spacial score (nSPS) is 14.4. The van der Waals surface area contributed by atoms with Crippen molar-refractivity contribution in [2.75, 3.05) is 0 Å². The number of hydrogen-bond acceptors (Lipinski definition) is 0. The minimum Gasteiger partial charge on any atom is -0.191 e. The van der Waals surface area contributed by atoms with E-state index in [9.17, 15) is 43.9 Å². The predicted molar refractivity (Wildman–Crippen MR) is 44.9 cm³/mol. The van der Waals surface area contributed by atoms with E-state index in [0.717, 1.165) is 0 Å². The zero-order chi connectivity index (χ0) is 15.9. The standard InChI is InChI=1S/C9H6F10/c1-4(6(10,11)8(14,15)16)3-5(2)7(12,13)9(17,18)19/h1-3H2. The molecule has 0 saturated heterocycles. The lowest BCUT2D eigenvalue weighted by Gasteiger charge is -2.26. The van der Waals surface area contributed by atoms with E-state index in [-0.39, 0.29) is 0 Å². The van der Waals surface area contributed by atoms with Crippen molar-refractivity contribution in [3.05, 3.63) is 24.3 Å². The lowest BCUT2D eigenvalue weighted by Crippen LogP contribution is -2.41. The summed E-state index contributed by atoms with van der Waals surface area (Å²) in [5, 5.41) is 0. The molecule has 0 unspecified atom stereocenters. The van der Waals surface area contributed by atoms with Crippen LogP contribution in [-0.2, 0) is 0 Å². The molecule has 19 heavy (non-hydrogen) atoms. The first-order valence-corrected chi connectivity index (χ1v) is 4.30. The van der Waals surface area contributed by atoms with Crippen molar-refractivity contribution in [3.63, 3.8) is 0 Å². The van der Waals surface area contributed by atoms with Crippen molar-refractivity contribution in [3.8, 4) is 0 Å². The fourth-order valence-corrected chi connectivity index (χ4v) is 0.880. The molecule has 0 fully saturated rings. The highest BCUT2D eigenvalue weighted by molar-refractivity contribution is 5.24. The number of rotatable bonds is 4. The Morgan fingerprint density at radius 2 is 0.789 bits per heavy atom. The molecule has 10 heteroatoms. The third-order valence-corrected chi connectivity index (χ3v) is 2.03. The molecule has 0 aliphatic carbocycles. The maximum Gasteiger partial charge on any atom is 0.457 e. The number of halogens is 10. The molecule has 0 rings (SSSR count). The van der Waals surface area contributed by atoms with Crippen molar-refractivity contribution in [2.24, 2.45) is 0 Å². The largest absolute Gasteiger partial charge is 0.457 e. The van der Waals surface area contributed by atoms with Crippen LogP contribution in [0.5, 0.6) is 0 Å². The topological polar surface area (TPSA) is 0 Å². The summed E-state index contributed by atoms with van der Waals surface area (Å²) < 4.78 is 121. The van der Waals surface area contributed by atoms with Crippen LogP contribution in [0.25, 0.3) is 0 Å². The highest BCUT2D eigenvalue weighted by atomic mass is 19.4. The molecule has 0 aromatic carbocycles. The van der Waals surface area contributed by atoms with Gasteiger partial charge in [-0.1, -0.05) is 13.2 Å². The van der Waals surface area contributed by atoms with E-state index < -0.39 is 41.8 Å². The minimum atomic E-state index is -6.14. The van der Waals surface area contributed by atoms with E-state index >= 15 is 0 Å². The van der Waals surface area contributed by atoms with Crippen LogP contribution in [0.1, 0.15) is 6.42 Å². The molecule has 0 radical (unpaired) electrons. The van der Waals surface area contributed by atoms with E-state index in [4.69, 9.17) is 0 Å². The zero-order valence-corrected chi connectivity index (χ0v) is 8.90. The van der Waals surface area contributed by atoms with Gasteiger partial charge in [-0.15, -0.1) is 0 Å². The Kier molecular flexibility index (Phi) is 4.41. The summed E-state index contributed by atoms with van der Waals surface area (Å²) in [5.41, 5.74) is -4.29. The van der Waals surface area contributed by atoms with E-state index in [2.05, 4.69) is 13.2 Å². The SMILES string of the molecule is C=C(CC(=C)C(F)(F)C(F)(F)F)C(F)(F)C(F)(F)F. The van der Waals surface area contributed by atoms with Crippen LogP contribution < -0.4 is 0 Å². The van der Waals surface area contributed by atoms with Gasteiger partial charge in [-0.05, 0) is 0 Å². The first-order chi connectivity index (χ1) is 8.05. The molecule has 0 aromatic heterocycles. The van der Waals surface area contributed by atoms with Crippen LogP contribution in [0, 0.1) is 0 Å². The van der Waals surface area contributed by atoms with Gasteiger partial charge >= 0.3 is 24.2 Å². The van der Waals surface area contributed by atoms with Crippen LogP contribution in [-0.4, -0.2) is 24.2 Å². The molecule has 0 nitrogen and oxygen atoms in total. The maximum absolute atomic E-state index is 12.6. The molecule has 0 bridgehead atoms. The second-order valence-corrected chi connectivity index (χ2v) is 3.53. The molecule has 0 atom stereocenters. The number of alkyl halides is 10. The Hall–Kier alpha value is -1.22. The van der Waals surface area contributed by atoms with Gasteiger partial charge < -0.3 is 0 Å². The molecule has 0 heterocycles. The molecule has 0 aliphatic heterocycles. The maximum atomic E-state index is 12.6. The first-order valence-electron chi connectivity index (χ1n) is 4.30.